The smallest absolute Gasteiger partial charge is 0.326 e. The third-order valence-electron chi connectivity index (χ3n) is 2.62. The van der Waals surface area contributed by atoms with Crippen molar-refractivity contribution in [1.82, 2.24) is 15.3 Å². The molecule has 0 saturated heterocycles. The first-order valence-corrected chi connectivity index (χ1v) is 5.84. The lowest BCUT2D eigenvalue weighted by atomic mass is 9.99. The van der Waals surface area contributed by atoms with Crippen LogP contribution in [0.15, 0.2) is 12.4 Å². The summed E-state index contributed by atoms with van der Waals surface area (Å²) in [5, 5.41) is 11.6. The van der Waals surface area contributed by atoms with Crippen molar-refractivity contribution >= 4 is 23.5 Å². The van der Waals surface area contributed by atoms with Crippen LogP contribution in [-0.4, -0.2) is 33.0 Å². The van der Waals surface area contributed by atoms with Crippen molar-refractivity contribution in [3.05, 3.63) is 23.2 Å². The van der Waals surface area contributed by atoms with E-state index in [2.05, 4.69) is 15.3 Å². The normalized spacial score (nSPS) is 13.7. The Bertz CT molecular complexity index is 436. The van der Waals surface area contributed by atoms with Crippen molar-refractivity contribution in [2.24, 2.45) is 5.92 Å². The molecule has 1 aromatic rings. The molecule has 2 unspecified atom stereocenters. The topological polar surface area (TPSA) is 92.2 Å². The van der Waals surface area contributed by atoms with Gasteiger partial charge in [-0.05, 0) is 5.92 Å². The Balaban J connectivity index is 2.78. The van der Waals surface area contributed by atoms with Crippen LogP contribution in [0.1, 0.15) is 30.8 Å². The molecule has 1 heterocycles. The Kier molecular flexibility index (Phi) is 5.03. The molecule has 0 saturated carbocycles. The molecule has 1 rings (SSSR count). The van der Waals surface area contributed by atoms with E-state index in [1.54, 1.807) is 6.92 Å². The zero-order chi connectivity index (χ0) is 13.7. The first-order chi connectivity index (χ1) is 8.45. The Morgan fingerprint density at radius 1 is 1.44 bits per heavy atom. The van der Waals surface area contributed by atoms with Gasteiger partial charge in [-0.2, -0.15) is 0 Å². The molecule has 0 aliphatic rings. The highest BCUT2D eigenvalue weighted by molar-refractivity contribution is 6.29. The lowest BCUT2D eigenvalue weighted by molar-refractivity contribution is -0.140. The van der Waals surface area contributed by atoms with Gasteiger partial charge in [-0.3, -0.25) is 4.79 Å². The summed E-state index contributed by atoms with van der Waals surface area (Å²) < 4.78 is 0. The fourth-order valence-electron chi connectivity index (χ4n) is 1.33. The van der Waals surface area contributed by atoms with E-state index < -0.39 is 17.9 Å². The fraction of sp³-hybridized carbons (Fsp3) is 0.455. The first kappa shape index (κ1) is 14.4. The van der Waals surface area contributed by atoms with Crippen molar-refractivity contribution in [2.75, 3.05) is 0 Å². The van der Waals surface area contributed by atoms with Crippen LogP contribution in [0, 0.1) is 5.92 Å². The van der Waals surface area contributed by atoms with E-state index in [0.717, 1.165) is 0 Å². The molecule has 0 spiro atoms. The van der Waals surface area contributed by atoms with Gasteiger partial charge in [0.15, 0.2) is 0 Å². The van der Waals surface area contributed by atoms with Crippen LogP contribution in [0.4, 0.5) is 0 Å². The molecule has 0 radical (unpaired) electrons. The van der Waals surface area contributed by atoms with Crippen LogP contribution in [0.25, 0.3) is 0 Å². The number of carbonyl (C=O) groups excluding carboxylic acids is 1. The highest BCUT2D eigenvalue weighted by atomic mass is 35.5. The third-order valence-corrected chi connectivity index (χ3v) is 2.81. The van der Waals surface area contributed by atoms with Gasteiger partial charge < -0.3 is 10.4 Å². The maximum Gasteiger partial charge on any atom is 0.326 e. The summed E-state index contributed by atoms with van der Waals surface area (Å²) in [4.78, 5) is 30.3. The zero-order valence-electron chi connectivity index (χ0n) is 10.1. The van der Waals surface area contributed by atoms with Crippen LogP contribution in [-0.2, 0) is 4.79 Å². The van der Waals surface area contributed by atoms with E-state index in [-0.39, 0.29) is 16.8 Å². The SMILES string of the molecule is CCC(C)C(NC(=O)c1cnc(Cl)cn1)C(=O)O. The second-order valence-corrected chi connectivity index (χ2v) is 4.29. The average Bonchev–Trinajstić information content (AvgIpc) is 2.35. The van der Waals surface area contributed by atoms with E-state index in [1.807, 2.05) is 6.92 Å². The summed E-state index contributed by atoms with van der Waals surface area (Å²) in [6, 6.07) is -0.944. The molecule has 0 aliphatic heterocycles. The number of nitrogens with one attached hydrogen (secondary N) is 1. The van der Waals surface area contributed by atoms with Crippen molar-refractivity contribution in [3.8, 4) is 0 Å². The standard InChI is InChI=1S/C11H14ClN3O3/c1-3-6(2)9(11(17)18)15-10(16)7-4-14-8(12)5-13-7/h4-6,9H,3H2,1-2H3,(H,15,16)(H,17,18). The van der Waals surface area contributed by atoms with Crippen LogP contribution < -0.4 is 5.32 Å². The molecule has 98 valence electrons. The molecule has 0 aliphatic carbocycles. The van der Waals surface area contributed by atoms with Crippen LogP contribution in [0.3, 0.4) is 0 Å². The summed E-state index contributed by atoms with van der Waals surface area (Å²) in [5.74, 6) is -1.82. The number of carbonyl (C=O) groups is 2. The van der Waals surface area contributed by atoms with Gasteiger partial charge in [-0.1, -0.05) is 31.9 Å². The van der Waals surface area contributed by atoms with Gasteiger partial charge >= 0.3 is 5.97 Å². The minimum absolute atomic E-state index is 0.0361. The minimum Gasteiger partial charge on any atom is -0.480 e. The number of hydrogen-bond donors (Lipinski definition) is 2. The molecule has 2 atom stereocenters. The van der Waals surface area contributed by atoms with Crippen molar-refractivity contribution < 1.29 is 14.7 Å². The Labute approximate surface area is 109 Å². The van der Waals surface area contributed by atoms with Crippen molar-refractivity contribution in [3.63, 3.8) is 0 Å². The van der Waals surface area contributed by atoms with Gasteiger partial charge in [0.25, 0.3) is 5.91 Å². The maximum atomic E-state index is 11.8. The van der Waals surface area contributed by atoms with E-state index in [4.69, 9.17) is 16.7 Å². The van der Waals surface area contributed by atoms with Gasteiger partial charge in [0.05, 0.1) is 12.4 Å². The van der Waals surface area contributed by atoms with Crippen molar-refractivity contribution in [2.45, 2.75) is 26.3 Å². The lowest BCUT2D eigenvalue weighted by Gasteiger charge is -2.19. The predicted molar refractivity (Wildman–Crippen MR) is 65.4 cm³/mol. The molecule has 1 aromatic heterocycles. The molecule has 6 nitrogen and oxygen atoms in total. The highest BCUT2D eigenvalue weighted by Gasteiger charge is 2.26. The number of hydrogen-bond acceptors (Lipinski definition) is 4. The third kappa shape index (κ3) is 3.66. The summed E-state index contributed by atoms with van der Waals surface area (Å²) in [6.07, 6.45) is 3.08. The fourth-order valence-corrected chi connectivity index (χ4v) is 1.43. The number of nitrogens with zero attached hydrogens (tertiary/aromatic N) is 2. The second kappa shape index (κ2) is 6.30. The van der Waals surface area contributed by atoms with E-state index in [0.29, 0.717) is 6.42 Å². The molecule has 0 aromatic carbocycles. The van der Waals surface area contributed by atoms with Crippen LogP contribution >= 0.6 is 11.6 Å². The quantitative estimate of drug-likeness (QED) is 0.843. The largest absolute Gasteiger partial charge is 0.480 e. The molecule has 0 bridgehead atoms. The summed E-state index contributed by atoms with van der Waals surface area (Å²) in [6.45, 7) is 3.61. The molecular weight excluding hydrogens is 258 g/mol. The minimum atomic E-state index is -1.07. The number of carboxylic acid groups (broad SMARTS) is 1. The number of aromatic nitrogens is 2. The summed E-state index contributed by atoms with van der Waals surface area (Å²) in [7, 11) is 0. The van der Waals surface area contributed by atoms with Gasteiger partial charge in [0.1, 0.15) is 16.9 Å². The van der Waals surface area contributed by atoms with E-state index in [1.165, 1.54) is 12.4 Å². The number of aliphatic carboxylic acids is 1. The molecule has 1 amide bonds. The van der Waals surface area contributed by atoms with E-state index in [9.17, 15) is 9.59 Å². The monoisotopic (exact) mass is 271 g/mol. The van der Waals surface area contributed by atoms with Crippen LogP contribution in [0.5, 0.6) is 0 Å². The average molecular weight is 272 g/mol. The lowest BCUT2D eigenvalue weighted by Crippen LogP contribution is -2.45. The maximum absolute atomic E-state index is 11.8. The molecule has 7 heteroatoms. The van der Waals surface area contributed by atoms with Gasteiger partial charge in [-0.25, -0.2) is 14.8 Å². The van der Waals surface area contributed by atoms with Gasteiger partial charge in [0, 0.05) is 0 Å². The van der Waals surface area contributed by atoms with Gasteiger partial charge in [0.2, 0.25) is 0 Å². The molecule has 18 heavy (non-hydrogen) atoms. The summed E-state index contributed by atoms with van der Waals surface area (Å²) in [5.41, 5.74) is 0.0361. The summed E-state index contributed by atoms with van der Waals surface area (Å²) >= 11 is 5.55. The Morgan fingerprint density at radius 3 is 2.56 bits per heavy atom. The predicted octanol–water partition coefficient (Wildman–Crippen LogP) is 1.36. The number of halogens is 1. The van der Waals surface area contributed by atoms with Crippen LogP contribution in [0.2, 0.25) is 5.15 Å². The first-order valence-electron chi connectivity index (χ1n) is 5.47. The Hall–Kier alpha value is -1.69. The second-order valence-electron chi connectivity index (χ2n) is 3.90. The zero-order valence-corrected chi connectivity index (χ0v) is 10.8. The Morgan fingerprint density at radius 2 is 2.11 bits per heavy atom. The molecule has 2 N–H and O–H groups in total. The van der Waals surface area contributed by atoms with Gasteiger partial charge in [-0.15, -0.1) is 0 Å². The van der Waals surface area contributed by atoms with E-state index >= 15 is 0 Å². The number of amides is 1. The molecule has 0 fully saturated rings. The van der Waals surface area contributed by atoms with Crippen molar-refractivity contribution in [1.29, 1.82) is 0 Å². The number of rotatable bonds is 5. The highest BCUT2D eigenvalue weighted by Crippen LogP contribution is 2.09. The number of carboxylic acids is 1. The molecular formula is C11H14ClN3O3.